The lowest BCUT2D eigenvalue weighted by Crippen LogP contribution is -2.37. The lowest BCUT2D eigenvalue weighted by molar-refractivity contribution is 0.0939. The Kier molecular flexibility index (Phi) is 9.56. The van der Waals surface area contributed by atoms with Crippen molar-refractivity contribution >= 4 is 18.5 Å². The molecule has 0 radical (unpaired) electrons. The molecule has 0 aromatic heterocycles. The topological polar surface area (TPSA) is 69.7 Å². The van der Waals surface area contributed by atoms with Gasteiger partial charge in [-0.3, -0.25) is 0 Å². The van der Waals surface area contributed by atoms with E-state index in [4.69, 9.17) is 23.7 Å². The molecule has 1 atom stereocenters. The highest BCUT2D eigenvalue weighted by Crippen LogP contribution is 2.42. The zero-order valence-corrected chi connectivity index (χ0v) is 22.6. The van der Waals surface area contributed by atoms with Crippen LogP contribution in [0.5, 0.6) is 23.0 Å². The van der Waals surface area contributed by atoms with E-state index >= 15 is 0 Å². The number of benzene rings is 2. The van der Waals surface area contributed by atoms with Crippen molar-refractivity contribution in [1.82, 2.24) is 9.80 Å². The van der Waals surface area contributed by atoms with Gasteiger partial charge in [0.05, 0.1) is 28.4 Å². The van der Waals surface area contributed by atoms with Crippen LogP contribution in [-0.2, 0) is 24.0 Å². The summed E-state index contributed by atoms with van der Waals surface area (Å²) in [6.07, 6.45) is 2.29. The summed E-state index contributed by atoms with van der Waals surface area (Å²) < 4.78 is 27.3. The first-order chi connectivity index (χ1) is 17.0. The van der Waals surface area contributed by atoms with Crippen molar-refractivity contribution in [2.24, 2.45) is 0 Å². The number of nitrogens with zero attached hydrogens (tertiary/aromatic N) is 2. The second-order valence-corrected chi connectivity index (χ2v) is 9.15. The van der Waals surface area contributed by atoms with Crippen LogP contribution in [0.25, 0.3) is 0 Å². The predicted octanol–water partition coefficient (Wildman–Crippen LogP) is 3.95. The summed E-state index contributed by atoms with van der Waals surface area (Å²) in [5.74, 6) is 3.43. The minimum Gasteiger partial charge on any atom is -0.493 e. The molecule has 1 amide bonds. The minimum atomic E-state index is -0.254. The third-order valence-corrected chi connectivity index (χ3v) is 7.05. The number of halogens is 1. The number of fused-ring (bicyclic) bond motifs is 2. The Morgan fingerprint density at radius 2 is 1.36 bits per heavy atom. The summed E-state index contributed by atoms with van der Waals surface area (Å²) in [5, 5.41) is 0. The molecule has 2 aromatic carbocycles. The van der Waals surface area contributed by atoms with Crippen LogP contribution in [0.15, 0.2) is 24.3 Å². The molecule has 198 valence electrons. The average molecular weight is 521 g/mol. The first-order valence-corrected chi connectivity index (χ1v) is 12.1. The number of methoxy groups -OCH3 is 4. The fourth-order valence-corrected chi connectivity index (χ4v) is 4.98. The molecule has 36 heavy (non-hydrogen) atoms. The monoisotopic (exact) mass is 520 g/mol. The maximum absolute atomic E-state index is 12.7. The summed E-state index contributed by atoms with van der Waals surface area (Å²) in [7, 11) is 8.66. The molecule has 0 spiro atoms. The van der Waals surface area contributed by atoms with Gasteiger partial charge < -0.3 is 33.5 Å². The van der Waals surface area contributed by atoms with E-state index in [1.165, 1.54) is 22.3 Å². The number of hydrogen-bond donors (Lipinski definition) is 0. The molecule has 0 bridgehead atoms. The molecule has 0 unspecified atom stereocenters. The van der Waals surface area contributed by atoms with E-state index in [9.17, 15) is 4.79 Å². The van der Waals surface area contributed by atoms with Crippen molar-refractivity contribution in [2.45, 2.75) is 25.2 Å². The van der Waals surface area contributed by atoms with Crippen molar-refractivity contribution in [3.63, 3.8) is 0 Å². The molecular formula is C27H37ClN2O6. The van der Waals surface area contributed by atoms with Gasteiger partial charge >= 0.3 is 6.09 Å². The van der Waals surface area contributed by atoms with Gasteiger partial charge in [-0.15, -0.1) is 12.4 Å². The molecule has 0 saturated heterocycles. The number of ether oxygens (including phenoxy) is 5. The van der Waals surface area contributed by atoms with Gasteiger partial charge in [-0.1, -0.05) is 0 Å². The van der Waals surface area contributed by atoms with E-state index in [1.54, 1.807) is 33.3 Å². The fourth-order valence-electron chi connectivity index (χ4n) is 4.98. The number of likely N-dealkylation sites (N-methyl/N-ethyl adjacent to an activating group) is 1. The van der Waals surface area contributed by atoms with E-state index in [-0.39, 0.29) is 18.5 Å². The molecule has 4 rings (SSSR count). The molecular weight excluding hydrogens is 484 g/mol. The summed E-state index contributed by atoms with van der Waals surface area (Å²) >= 11 is 0. The van der Waals surface area contributed by atoms with E-state index in [2.05, 4.69) is 24.1 Å². The van der Waals surface area contributed by atoms with Gasteiger partial charge in [-0.25, -0.2) is 4.79 Å². The quantitative estimate of drug-likeness (QED) is 0.496. The molecule has 2 aromatic rings. The number of rotatable bonds is 9. The Morgan fingerprint density at radius 3 is 1.89 bits per heavy atom. The fraction of sp³-hybridized carbons (Fsp3) is 0.519. The number of amides is 1. The molecule has 8 nitrogen and oxygen atoms in total. The number of carbonyl (C=O) groups is 1. The molecule has 0 N–H and O–H groups in total. The van der Waals surface area contributed by atoms with Crippen LogP contribution >= 0.6 is 12.4 Å². The van der Waals surface area contributed by atoms with Gasteiger partial charge in [0.2, 0.25) is 0 Å². The van der Waals surface area contributed by atoms with Crippen LogP contribution in [0, 0.1) is 0 Å². The van der Waals surface area contributed by atoms with Gasteiger partial charge in [0.1, 0.15) is 6.61 Å². The lowest BCUT2D eigenvalue weighted by Gasteiger charge is -2.34. The Bertz CT molecular complexity index is 1030. The van der Waals surface area contributed by atoms with Crippen LogP contribution in [0.1, 0.15) is 28.2 Å². The minimum absolute atomic E-state index is 0. The third-order valence-electron chi connectivity index (χ3n) is 7.05. The van der Waals surface area contributed by atoms with Crippen molar-refractivity contribution in [2.75, 3.05) is 68.3 Å². The second-order valence-electron chi connectivity index (χ2n) is 9.15. The van der Waals surface area contributed by atoms with Crippen LogP contribution in [0.3, 0.4) is 0 Å². The van der Waals surface area contributed by atoms with Crippen molar-refractivity contribution < 1.29 is 28.5 Å². The molecule has 0 fully saturated rings. The number of carbonyl (C=O) groups excluding carboxylic acids is 1. The average Bonchev–Trinajstić information content (AvgIpc) is 3.08. The Balaban J connectivity index is 0.00000361. The second kappa shape index (κ2) is 12.4. The van der Waals surface area contributed by atoms with Crippen molar-refractivity contribution in [3.8, 4) is 23.0 Å². The van der Waals surface area contributed by atoms with Gasteiger partial charge in [0.15, 0.2) is 23.0 Å². The van der Waals surface area contributed by atoms with Gasteiger partial charge in [0, 0.05) is 32.1 Å². The zero-order chi connectivity index (χ0) is 24.9. The predicted molar refractivity (Wildman–Crippen MR) is 141 cm³/mol. The van der Waals surface area contributed by atoms with Crippen molar-refractivity contribution in [1.29, 1.82) is 0 Å². The van der Waals surface area contributed by atoms with Crippen molar-refractivity contribution in [3.05, 3.63) is 46.5 Å². The highest BCUT2D eigenvalue weighted by Gasteiger charge is 2.29. The van der Waals surface area contributed by atoms with Crippen LogP contribution in [-0.4, -0.2) is 84.2 Å². The Hall–Kier alpha value is -2.84. The largest absolute Gasteiger partial charge is 0.493 e. The molecule has 9 heteroatoms. The first kappa shape index (κ1) is 27.7. The van der Waals surface area contributed by atoms with E-state index in [0.29, 0.717) is 32.2 Å². The van der Waals surface area contributed by atoms with Gasteiger partial charge in [0.25, 0.3) is 0 Å². The molecule has 2 aliphatic rings. The lowest BCUT2D eigenvalue weighted by atomic mass is 9.77. The van der Waals surface area contributed by atoms with E-state index in [1.807, 2.05) is 12.1 Å². The third kappa shape index (κ3) is 5.93. The number of hydrogen-bond acceptors (Lipinski definition) is 7. The molecule has 0 saturated carbocycles. The van der Waals surface area contributed by atoms with Crippen LogP contribution in [0.2, 0.25) is 0 Å². The van der Waals surface area contributed by atoms with E-state index < -0.39 is 0 Å². The van der Waals surface area contributed by atoms with E-state index in [0.717, 1.165) is 48.8 Å². The molecule has 1 aliphatic carbocycles. The maximum Gasteiger partial charge on any atom is 0.409 e. The maximum atomic E-state index is 12.7. The molecule has 1 aliphatic heterocycles. The summed E-state index contributed by atoms with van der Waals surface area (Å²) in [4.78, 5) is 16.7. The Labute approximate surface area is 219 Å². The van der Waals surface area contributed by atoms with Gasteiger partial charge in [-0.2, -0.15) is 0 Å². The van der Waals surface area contributed by atoms with Crippen LogP contribution in [0.4, 0.5) is 4.79 Å². The van der Waals surface area contributed by atoms with Gasteiger partial charge in [-0.05, 0) is 72.8 Å². The zero-order valence-electron chi connectivity index (χ0n) is 21.8. The first-order valence-electron chi connectivity index (χ1n) is 12.1. The SMILES string of the molecule is COc1cc2c(cc1OC)CCN(C(=O)OCCN(C)C[C@H]1Cc3cc(OC)c(OC)cc31)CC2.Cl. The smallest absolute Gasteiger partial charge is 0.409 e. The summed E-state index contributed by atoms with van der Waals surface area (Å²) in [6, 6.07) is 8.18. The molecule has 1 heterocycles. The standard InChI is InChI=1S/C27H36N2O6.ClH/c1-28(17-21-12-20-15-25(33-4)26(34-5)16-22(20)21)10-11-35-27(30)29-8-6-18-13-23(31-2)24(32-3)14-19(18)7-9-29;/h13-16,21H,6-12,17H2,1-5H3;1H/t21-;/m1./s1. The summed E-state index contributed by atoms with van der Waals surface area (Å²) in [6.45, 7) is 3.21. The normalized spacial score (nSPS) is 16.1. The summed E-state index contributed by atoms with van der Waals surface area (Å²) in [5.41, 5.74) is 4.99. The highest BCUT2D eigenvalue weighted by molar-refractivity contribution is 5.85. The highest BCUT2D eigenvalue weighted by atomic mass is 35.5. The Morgan fingerprint density at radius 1 is 0.861 bits per heavy atom. The van der Waals surface area contributed by atoms with Crippen LogP contribution < -0.4 is 18.9 Å².